The van der Waals surface area contributed by atoms with Crippen LogP contribution in [0.1, 0.15) is 18.4 Å². The van der Waals surface area contributed by atoms with Gasteiger partial charge in [0.2, 0.25) is 0 Å². The quantitative estimate of drug-likeness (QED) is 0.388. The van der Waals surface area contributed by atoms with Gasteiger partial charge >= 0.3 is 0 Å². The first-order valence-corrected chi connectivity index (χ1v) is 6.62. The van der Waals surface area contributed by atoms with Crippen LogP contribution in [0.25, 0.3) is 0 Å². The van der Waals surface area contributed by atoms with Crippen LogP contribution in [0.5, 0.6) is 0 Å². The minimum absolute atomic E-state index is 0.109. The molecule has 1 aromatic carbocycles. The Kier molecular flexibility index (Phi) is 4.61. The van der Waals surface area contributed by atoms with Crippen LogP contribution in [0.3, 0.4) is 0 Å². The highest BCUT2D eigenvalue weighted by molar-refractivity contribution is 6.31. The zero-order valence-corrected chi connectivity index (χ0v) is 11.3. The van der Waals surface area contributed by atoms with Gasteiger partial charge in [-0.25, -0.2) is 4.39 Å². The Bertz CT molecular complexity index is 453. The number of rotatable bonds is 3. The molecule has 1 aliphatic heterocycles. The summed E-state index contributed by atoms with van der Waals surface area (Å²) in [5.74, 6) is 0.118. The molecule has 0 amide bonds. The summed E-state index contributed by atoms with van der Waals surface area (Å²) in [6, 6.07) is 4.72. The molecular formula is C13H17ClFN3O. The molecule has 104 valence electrons. The molecule has 1 heterocycles. The molecule has 0 aliphatic carbocycles. The van der Waals surface area contributed by atoms with E-state index in [9.17, 15) is 4.39 Å². The number of hydrogen-bond acceptors (Lipinski definition) is 3. The topological polar surface area (TPSA) is 61.9 Å². The van der Waals surface area contributed by atoms with Crippen LogP contribution in [-0.2, 0) is 6.54 Å². The minimum atomic E-state index is -0.272. The lowest BCUT2D eigenvalue weighted by molar-refractivity contribution is 0.196. The van der Waals surface area contributed by atoms with Crippen LogP contribution in [0.2, 0.25) is 5.02 Å². The Hall–Kier alpha value is -1.33. The second-order valence-electron chi connectivity index (χ2n) is 4.78. The summed E-state index contributed by atoms with van der Waals surface area (Å²) in [5, 5.41) is 12.1. The molecule has 1 fully saturated rings. The van der Waals surface area contributed by atoms with E-state index in [1.807, 2.05) is 0 Å². The molecule has 0 unspecified atom stereocenters. The van der Waals surface area contributed by atoms with Crippen LogP contribution in [0.4, 0.5) is 4.39 Å². The van der Waals surface area contributed by atoms with Gasteiger partial charge in [-0.2, -0.15) is 0 Å². The van der Waals surface area contributed by atoms with E-state index in [-0.39, 0.29) is 17.6 Å². The number of piperidine rings is 1. The van der Waals surface area contributed by atoms with Crippen molar-refractivity contribution in [2.24, 2.45) is 16.8 Å². The van der Waals surface area contributed by atoms with E-state index in [1.165, 1.54) is 6.07 Å². The molecule has 19 heavy (non-hydrogen) atoms. The van der Waals surface area contributed by atoms with Gasteiger partial charge in [0.1, 0.15) is 11.7 Å². The summed E-state index contributed by atoms with van der Waals surface area (Å²) in [5.41, 5.74) is 6.13. The lowest BCUT2D eigenvalue weighted by Gasteiger charge is -2.31. The smallest absolute Gasteiger partial charge is 0.142 e. The molecule has 0 radical (unpaired) electrons. The first kappa shape index (κ1) is 14.1. The molecule has 1 aromatic rings. The van der Waals surface area contributed by atoms with Gasteiger partial charge in [0, 0.05) is 23.0 Å². The van der Waals surface area contributed by atoms with Crippen molar-refractivity contribution >= 4 is 17.4 Å². The van der Waals surface area contributed by atoms with Crippen molar-refractivity contribution in [2.45, 2.75) is 19.4 Å². The Morgan fingerprint density at radius 2 is 2.16 bits per heavy atom. The molecular weight excluding hydrogens is 269 g/mol. The van der Waals surface area contributed by atoms with Crippen LogP contribution < -0.4 is 5.73 Å². The molecule has 4 nitrogen and oxygen atoms in total. The minimum Gasteiger partial charge on any atom is -0.409 e. The SMILES string of the molecule is NC(=NO)C1CCN(Cc2c(F)cccc2Cl)CC1. The third-order valence-electron chi connectivity index (χ3n) is 3.56. The molecule has 0 saturated carbocycles. The van der Waals surface area contributed by atoms with Crippen molar-refractivity contribution < 1.29 is 9.60 Å². The van der Waals surface area contributed by atoms with Crippen molar-refractivity contribution in [3.63, 3.8) is 0 Å². The number of benzene rings is 1. The molecule has 2 rings (SSSR count). The first-order valence-electron chi connectivity index (χ1n) is 6.24. The van der Waals surface area contributed by atoms with E-state index in [4.69, 9.17) is 22.5 Å². The van der Waals surface area contributed by atoms with Crippen molar-refractivity contribution in [1.82, 2.24) is 4.90 Å². The molecule has 6 heteroatoms. The lowest BCUT2D eigenvalue weighted by Crippen LogP contribution is -2.38. The maximum absolute atomic E-state index is 13.7. The molecule has 1 aliphatic rings. The summed E-state index contributed by atoms with van der Waals surface area (Å²) in [7, 11) is 0. The summed E-state index contributed by atoms with van der Waals surface area (Å²) in [6.07, 6.45) is 1.62. The van der Waals surface area contributed by atoms with Gasteiger partial charge in [-0.05, 0) is 38.1 Å². The Balaban J connectivity index is 1.96. The van der Waals surface area contributed by atoms with Gasteiger partial charge in [0.05, 0.1) is 0 Å². The van der Waals surface area contributed by atoms with E-state index in [2.05, 4.69) is 10.1 Å². The number of nitrogens with two attached hydrogens (primary N) is 1. The number of nitrogens with zero attached hydrogens (tertiary/aromatic N) is 2. The van der Waals surface area contributed by atoms with E-state index in [0.29, 0.717) is 17.1 Å². The monoisotopic (exact) mass is 285 g/mol. The van der Waals surface area contributed by atoms with Gasteiger partial charge in [-0.1, -0.05) is 22.8 Å². The van der Waals surface area contributed by atoms with Gasteiger partial charge in [-0.15, -0.1) is 0 Å². The van der Waals surface area contributed by atoms with Crippen molar-refractivity contribution in [3.8, 4) is 0 Å². The van der Waals surface area contributed by atoms with Crippen LogP contribution in [0.15, 0.2) is 23.4 Å². The first-order chi connectivity index (χ1) is 9.11. The van der Waals surface area contributed by atoms with Gasteiger partial charge in [-0.3, -0.25) is 4.90 Å². The third kappa shape index (κ3) is 3.36. The molecule has 0 spiro atoms. The molecule has 1 saturated heterocycles. The third-order valence-corrected chi connectivity index (χ3v) is 3.92. The standard InChI is InChI=1S/C13H17ClFN3O/c14-11-2-1-3-12(15)10(11)8-18-6-4-9(5-7-18)13(16)17-19/h1-3,9,19H,4-8H2,(H2,16,17). The predicted molar refractivity (Wildman–Crippen MR) is 72.8 cm³/mol. The summed E-state index contributed by atoms with van der Waals surface area (Å²) < 4.78 is 13.7. The summed E-state index contributed by atoms with van der Waals surface area (Å²) in [6.45, 7) is 2.06. The Morgan fingerprint density at radius 1 is 1.47 bits per heavy atom. The zero-order valence-electron chi connectivity index (χ0n) is 10.5. The molecule has 3 N–H and O–H groups in total. The van der Waals surface area contributed by atoms with Gasteiger partial charge in [0.25, 0.3) is 0 Å². The Morgan fingerprint density at radius 3 is 2.74 bits per heavy atom. The fraction of sp³-hybridized carbons (Fsp3) is 0.462. The van der Waals surface area contributed by atoms with Crippen LogP contribution >= 0.6 is 11.6 Å². The second kappa shape index (κ2) is 6.21. The zero-order chi connectivity index (χ0) is 13.8. The fourth-order valence-corrected chi connectivity index (χ4v) is 2.60. The predicted octanol–water partition coefficient (Wildman–Crippen LogP) is 2.44. The van der Waals surface area contributed by atoms with Gasteiger partial charge in [0.15, 0.2) is 0 Å². The van der Waals surface area contributed by atoms with Gasteiger partial charge < -0.3 is 10.9 Å². The highest BCUT2D eigenvalue weighted by atomic mass is 35.5. The van der Waals surface area contributed by atoms with Crippen LogP contribution in [0, 0.1) is 11.7 Å². The number of halogens is 2. The Labute approximate surface area is 116 Å². The normalized spacial score (nSPS) is 18.7. The highest BCUT2D eigenvalue weighted by Gasteiger charge is 2.23. The number of hydrogen-bond donors (Lipinski definition) is 2. The van der Waals surface area contributed by atoms with Crippen LogP contribution in [-0.4, -0.2) is 29.0 Å². The molecule has 0 atom stereocenters. The van der Waals surface area contributed by atoms with E-state index >= 15 is 0 Å². The molecule has 0 bridgehead atoms. The van der Waals surface area contributed by atoms with Crippen molar-refractivity contribution in [1.29, 1.82) is 0 Å². The average molecular weight is 286 g/mol. The summed E-state index contributed by atoms with van der Waals surface area (Å²) in [4.78, 5) is 2.13. The lowest BCUT2D eigenvalue weighted by atomic mass is 9.95. The average Bonchev–Trinajstić information content (AvgIpc) is 2.43. The number of likely N-dealkylation sites (tertiary alicyclic amines) is 1. The van der Waals surface area contributed by atoms with E-state index in [0.717, 1.165) is 25.9 Å². The van der Waals surface area contributed by atoms with Crippen molar-refractivity contribution in [3.05, 3.63) is 34.6 Å². The second-order valence-corrected chi connectivity index (χ2v) is 5.18. The highest BCUT2D eigenvalue weighted by Crippen LogP contribution is 2.24. The maximum atomic E-state index is 13.7. The number of oxime groups is 1. The van der Waals surface area contributed by atoms with E-state index in [1.54, 1.807) is 12.1 Å². The number of amidine groups is 1. The van der Waals surface area contributed by atoms with Crippen molar-refractivity contribution in [2.75, 3.05) is 13.1 Å². The largest absolute Gasteiger partial charge is 0.409 e. The molecule has 0 aromatic heterocycles. The fourth-order valence-electron chi connectivity index (χ4n) is 2.38. The maximum Gasteiger partial charge on any atom is 0.142 e. The van der Waals surface area contributed by atoms with E-state index < -0.39 is 0 Å². The summed E-state index contributed by atoms with van der Waals surface area (Å²) >= 11 is 6.01.